The van der Waals surface area contributed by atoms with Gasteiger partial charge in [0.2, 0.25) is 0 Å². The van der Waals surface area contributed by atoms with Crippen molar-refractivity contribution in [2.75, 3.05) is 6.54 Å². The maximum atomic E-state index is 4.67. The fraction of sp³-hybridized carbons (Fsp3) is 0.643. The normalized spacial score (nSPS) is 17.1. The molecule has 1 aliphatic carbocycles. The summed E-state index contributed by atoms with van der Waals surface area (Å²) in [5.41, 5.74) is 0. The number of aliphatic imine (C=N–C) groups is 1. The fourth-order valence-corrected chi connectivity index (χ4v) is 3.13. The SMILES string of the molecule is CCNC(=NCc1ccc(C)s1)NC1CCCC1. The Labute approximate surface area is 114 Å². The Balaban J connectivity index is 1.90. The molecule has 1 heterocycles. The second kappa shape index (κ2) is 6.78. The maximum absolute atomic E-state index is 4.67. The number of thiophene rings is 1. The number of guanidine groups is 1. The van der Waals surface area contributed by atoms with Crippen LogP contribution in [0.1, 0.15) is 42.4 Å². The van der Waals surface area contributed by atoms with Crippen LogP contribution in [0, 0.1) is 6.92 Å². The van der Waals surface area contributed by atoms with Gasteiger partial charge in [-0.2, -0.15) is 0 Å². The third-order valence-electron chi connectivity index (χ3n) is 3.23. The molecule has 100 valence electrons. The Morgan fingerprint density at radius 3 is 2.78 bits per heavy atom. The minimum atomic E-state index is 0.618. The van der Waals surface area contributed by atoms with Gasteiger partial charge in [-0.25, -0.2) is 4.99 Å². The quantitative estimate of drug-likeness (QED) is 0.648. The Bertz CT molecular complexity index is 391. The molecule has 0 aliphatic heterocycles. The van der Waals surface area contributed by atoms with Crippen molar-refractivity contribution in [1.82, 2.24) is 10.6 Å². The van der Waals surface area contributed by atoms with Crippen molar-refractivity contribution in [3.63, 3.8) is 0 Å². The van der Waals surface area contributed by atoms with E-state index in [0.29, 0.717) is 6.04 Å². The first-order valence-electron chi connectivity index (χ1n) is 6.88. The Hall–Kier alpha value is -1.03. The van der Waals surface area contributed by atoms with Crippen LogP contribution >= 0.6 is 11.3 Å². The van der Waals surface area contributed by atoms with Crippen molar-refractivity contribution >= 4 is 17.3 Å². The molecule has 0 aromatic carbocycles. The second-order valence-electron chi connectivity index (χ2n) is 4.83. The van der Waals surface area contributed by atoms with Crippen LogP contribution in [-0.4, -0.2) is 18.5 Å². The van der Waals surface area contributed by atoms with Crippen molar-refractivity contribution in [2.24, 2.45) is 4.99 Å². The van der Waals surface area contributed by atoms with Crippen LogP contribution in [0.25, 0.3) is 0 Å². The molecule has 0 amide bonds. The van der Waals surface area contributed by atoms with Crippen LogP contribution in [-0.2, 0) is 6.54 Å². The molecule has 4 heteroatoms. The lowest BCUT2D eigenvalue weighted by Crippen LogP contribution is -2.42. The van der Waals surface area contributed by atoms with Crippen molar-refractivity contribution < 1.29 is 0 Å². The summed E-state index contributed by atoms with van der Waals surface area (Å²) < 4.78 is 0. The number of hydrogen-bond acceptors (Lipinski definition) is 2. The summed E-state index contributed by atoms with van der Waals surface area (Å²) in [4.78, 5) is 7.35. The molecule has 1 aliphatic rings. The minimum Gasteiger partial charge on any atom is -0.357 e. The highest BCUT2D eigenvalue weighted by Gasteiger charge is 2.15. The van der Waals surface area contributed by atoms with E-state index in [-0.39, 0.29) is 0 Å². The lowest BCUT2D eigenvalue weighted by molar-refractivity contribution is 0.614. The molecule has 3 nitrogen and oxygen atoms in total. The maximum Gasteiger partial charge on any atom is 0.191 e. The first-order chi connectivity index (χ1) is 8.78. The lowest BCUT2D eigenvalue weighted by atomic mass is 10.2. The summed E-state index contributed by atoms with van der Waals surface area (Å²) in [6, 6.07) is 4.95. The third kappa shape index (κ3) is 4.02. The van der Waals surface area contributed by atoms with Gasteiger partial charge in [-0.05, 0) is 38.8 Å². The first kappa shape index (κ1) is 13.4. The molecule has 2 N–H and O–H groups in total. The fourth-order valence-electron chi connectivity index (χ4n) is 2.31. The number of rotatable bonds is 4. The van der Waals surface area contributed by atoms with Gasteiger partial charge in [-0.15, -0.1) is 11.3 Å². The lowest BCUT2D eigenvalue weighted by Gasteiger charge is -2.16. The summed E-state index contributed by atoms with van der Waals surface area (Å²) in [7, 11) is 0. The van der Waals surface area contributed by atoms with E-state index in [2.05, 4.69) is 41.6 Å². The first-order valence-corrected chi connectivity index (χ1v) is 7.69. The van der Waals surface area contributed by atoms with E-state index in [0.717, 1.165) is 19.0 Å². The van der Waals surface area contributed by atoms with Gasteiger partial charge in [0.05, 0.1) is 6.54 Å². The largest absolute Gasteiger partial charge is 0.357 e. The molecule has 1 saturated carbocycles. The number of aryl methyl sites for hydroxylation is 1. The molecular formula is C14H23N3S. The molecule has 0 radical (unpaired) electrons. The van der Waals surface area contributed by atoms with E-state index in [1.807, 2.05) is 11.3 Å². The van der Waals surface area contributed by atoms with Crippen LogP contribution in [0.3, 0.4) is 0 Å². The highest BCUT2D eigenvalue weighted by molar-refractivity contribution is 7.11. The van der Waals surface area contributed by atoms with Crippen LogP contribution in [0.5, 0.6) is 0 Å². The summed E-state index contributed by atoms with van der Waals surface area (Å²) in [6.45, 7) is 5.95. The molecular weight excluding hydrogens is 242 g/mol. The minimum absolute atomic E-state index is 0.618. The summed E-state index contributed by atoms with van der Waals surface area (Å²) in [6.07, 6.45) is 5.26. The van der Waals surface area contributed by atoms with Gasteiger partial charge in [0.25, 0.3) is 0 Å². The Morgan fingerprint density at radius 2 is 2.17 bits per heavy atom. The van der Waals surface area contributed by atoms with Gasteiger partial charge in [0.1, 0.15) is 0 Å². The van der Waals surface area contributed by atoms with E-state index in [1.165, 1.54) is 35.4 Å². The molecule has 0 atom stereocenters. The van der Waals surface area contributed by atoms with E-state index >= 15 is 0 Å². The van der Waals surface area contributed by atoms with E-state index < -0.39 is 0 Å². The van der Waals surface area contributed by atoms with Gasteiger partial charge in [-0.1, -0.05) is 12.8 Å². The predicted octanol–water partition coefficient (Wildman–Crippen LogP) is 3.05. The molecule has 18 heavy (non-hydrogen) atoms. The Kier molecular flexibility index (Phi) is 5.05. The van der Waals surface area contributed by atoms with Crippen LogP contribution in [0.15, 0.2) is 17.1 Å². The van der Waals surface area contributed by atoms with E-state index in [4.69, 9.17) is 0 Å². The van der Waals surface area contributed by atoms with Gasteiger partial charge >= 0.3 is 0 Å². The molecule has 0 unspecified atom stereocenters. The van der Waals surface area contributed by atoms with Crippen LogP contribution in [0.4, 0.5) is 0 Å². The zero-order chi connectivity index (χ0) is 12.8. The highest BCUT2D eigenvalue weighted by atomic mass is 32.1. The molecule has 1 fully saturated rings. The number of hydrogen-bond donors (Lipinski definition) is 2. The monoisotopic (exact) mass is 265 g/mol. The van der Waals surface area contributed by atoms with Crippen LogP contribution in [0.2, 0.25) is 0 Å². The van der Waals surface area contributed by atoms with E-state index in [1.54, 1.807) is 0 Å². The Morgan fingerprint density at radius 1 is 1.39 bits per heavy atom. The predicted molar refractivity (Wildman–Crippen MR) is 79.3 cm³/mol. The van der Waals surface area contributed by atoms with Gasteiger partial charge in [-0.3, -0.25) is 0 Å². The number of nitrogens with zero attached hydrogens (tertiary/aromatic N) is 1. The summed E-state index contributed by atoms with van der Waals surface area (Å²) in [5, 5.41) is 6.87. The van der Waals surface area contributed by atoms with Crippen molar-refractivity contribution in [1.29, 1.82) is 0 Å². The van der Waals surface area contributed by atoms with Crippen molar-refractivity contribution in [2.45, 2.75) is 52.1 Å². The van der Waals surface area contributed by atoms with Gasteiger partial charge < -0.3 is 10.6 Å². The smallest absolute Gasteiger partial charge is 0.191 e. The topological polar surface area (TPSA) is 36.4 Å². The average molecular weight is 265 g/mol. The molecule has 0 saturated heterocycles. The summed E-state index contributed by atoms with van der Waals surface area (Å²) in [5.74, 6) is 0.968. The number of nitrogens with one attached hydrogen (secondary N) is 2. The molecule has 1 aromatic heterocycles. The zero-order valence-electron chi connectivity index (χ0n) is 11.3. The highest BCUT2D eigenvalue weighted by Crippen LogP contribution is 2.18. The zero-order valence-corrected chi connectivity index (χ0v) is 12.1. The molecule has 0 spiro atoms. The van der Waals surface area contributed by atoms with Crippen molar-refractivity contribution in [3.05, 3.63) is 21.9 Å². The van der Waals surface area contributed by atoms with Crippen LogP contribution < -0.4 is 10.6 Å². The second-order valence-corrected chi connectivity index (χ2v) is 6.21. The average Bonchev–Trinajstić information content (AvgIpc) is 2.98. The van der Waals surface area contributed by atoms with Gasteiger partial charge in [0, 0.05) is 22.3 Å². The third-order valence-corrected chi connectivity index (χ3v) is 4.21. The summed E-state index contributed by atoms with van der Waals surface area (Å²) >= 11 is 1.83. The van der Waals surface area contributed by atoms with Gasteiger partial charge in [0.15, 0.2) is 5.96 Å². The van der Waals surface area contributed by atoms with Crippen molar-refractivity contribution in [3.8, 4) is 0 Å². The molecule has 2 rings (SSSR count). The molecule has 0 bridgehead atoms. The molecule has 1 aromatic rings. The van der Waals surface area contributed by atoms with E-state index in [9.17, 15) is 0 Å². The standard InChI is InChI=1S/C14H23N3S/c1-3-15-14(17-12-6-4-5-7-12)16-10-13-9-8-11(2)18-13/h8-9,12H,3-7,10H2,1-2H3,(H2,15,16,17).